The molecule has 1 N–H and O–H groups in total. The predicted molar refractivity (Wildman–Crippen MR) is 88.6 cm³/mol. The monoisotopic (exact) mass is 349 g/mol. The zero-order chi connectivity index (χ0) is 18.0. The molecule has 24 heavy (non-hydrogen) atoms. The second kappa shape index (κ2) is 6.63. The van der Waals surface area contributed by atoms with E-state index in [9.17, 15) is 25.0 Å². The second-order valence-electron chi connectivity index (χ2n) is 5.09. The maximum absolute atomic E-state index is 12.3. The highest BCUT2D eigenvalue weighted by atomic mass is 35.5. The first kappa shape index (κ1) is 17.4. The van der Waals surface area contributed by atoms with Crippen LogP contribution in [0.4, 0.5) is 17.1 Å². The van der Waals surface area contributed by atoms with E-state index >= 15 is 0 Å². The minimum Gasteiger partial charge on any atom is -0.322 e. The van der Waals surface area contributed by atoms with Gasteiger partial charge in [-0.1, -0.05) is 17.7 Å². The lowest BCUT2D eigenvalue weighted by Crippen LogP contribution is -2.13. The molecule has 2 rings (SSSR count). The maximum atomic E-state index is 12.3. The van der Waals surface area contributed by atoms with Crippen molar-refractivity contribution < 1.29 is 14.6 Å². The molecule has 1 amide bonds. The van der Waals surface area contributed by atoms with Crippen LogP contribution < -0.4 is 5.32 Å². The van der Waals surface area contributed by atoms with Crippen LogP contribution in [-0.4, -0.2) is 15.8 Å². The van der Waals surface area contributed by atoms with Gasteiger partial charge in [-0.2, -0.15) is 0 Å². The molecule has 0 radical (unpaired) electrons. The number of nitrogens with one attached hydrogen (secondary N) is 1. The number of carbonyl (C=O) groups is 1. The summed E-state index contributed by atoms with van der Waals surface area (Å²) in [7, 11) is 0. The number of hydrogen-bond donors (Lipinski definition) is 1. The van der Waals surface area contributed by atoms with Gasteiger partial charge < -0.3 is 5.32 Å². The number of amides is 1. The van der Waals surface area contributed by atoms with Crippen molar-refractivity contribution in [3.05, 3.63) is 72.3 Å². The summed E-state index contributed by atoms with van der Waals surface area (Å²) in [5.41, 5.74) is 0.839. The Balaban J connectivity index is 2.34. The third kappa shape index (κ3) is 3.49. The van der Waals surface area contributed by atoms with Crippen LogP contribution in [0.3, 0.4) is 0 Å². The van der Waals surface area contributed by atoms with Crippen LogP contribution in [0.25, 0.3) is 0 Å². The molecular formula is C15H12ClN3O5. The van der Waals surface area contributed by atoms with Gasteiger partial charge in [-0.05, 0) is 31.5 Å². The average Bonchev–Trinajstić information content (AvgIpc) is 2.50. The summed E-state index contributed by atoms with van der Waals surface area (Å²) >= 11 is 5.83. The van der Waals surface area contributed by atoms with Crippen molar-refractivity contribution >= 4 is 34.6 Å². The van der Waals surface area contributed by atoms with Gasteiger partial charge in [-0.25, -0.2) is 0 Å². The minimum absolute atomic E-state index is 0.0983. The summed E-state index contributed by atoms with van der Waals surface area (Å²) < 4.78 is 0. The summed E-state index contributed by atoms with van der Waals surface area (Å²) in [4.78, 5) is 32.9. The molecule has 0 saturated heterocycles. The van der Waals surface area contributed by atoms with Crippen LogP contribution in [0.1, 0.15) is 21.5 Å². The van der Waals surface area contributed by atoms with Gasteiger partial charge in [0, 0.05) is 28.9 Å². The topological polar surface area (TPSA) is 115 Å². The van der Waals surface area contributed by atoms with Gasteiger partial charge in [0.05, 0.1) is 9.85 Å². The molecule has 2 aromatic carbocycles. The number of hydrogen-bond acceptors (Lipinski definition) is 5. The van der Waals surface area contributed by atoms with E-state index < -0.39 is 15.8 Å². The molecule has 0 heterocycles. The van der Waals surface area contributed by atoms with Crippen LogP contribution in [0, 0.1) is 34.1 Å². The molecule has 0 unspecified atom stereocenters. The number of nitrogens with zero attached hydrogens (tertiary/aromatic N) is 2. The minimum atomic E-state index is -0.621. The first-order valence-corrected chi connectivity index (χ1v) is 7.09. The summed E-state index contributed by atoms with van der Waals surface area (Å²) in [6.45, 7) is 3.15. The standard InChI is InChI=1S/C15H12ClN3O5/c1-8-3-4-10(6-13(8)18(21)22)15(20)17-12-7-11(16)14(19(23)24)5-9(12)2/h3-7H,1-2H3,(H,17,20). The molecule has 0 aliphatic rings. The van der Waals surface area contributed by atoms with Crippen molar-refractivity contribution in [3.63, 3.8) is 0 Å². The molecule has 0 aliphatic carbocycles. The van der Waals surface area contributed by atoms with Crippen LogP contribution in [0.5, 0.6) is 0 Å². The van der Waals surface area contributed by atoms with E-state index in [4.69, 9.17) is 11.6 Å². The van der Waals surface area contributed by atoms with Crippen LogP contribution in [0.2, 0.25) is 5.02 Å². The Morgan fingerprint density at radius 1 is 1.00 bits per heavy atom. The van der Waals surface area contributed by atoms with Gasteiger partial charge in [0.2, 0.25) is 0 Å². The molecule has 2 aromatic rings. The van der Waals surface area contributed by atoms with Crippen LogP contribution in [-0.2, 0) is 0 Å². The first-order valence-electron chi connectivity index (χ1n) is 6.71. The fourth-order valence-corrected chi connectivity index (χ4v) is 2.32. The van der Waals surface area contributed by atoms with Gasteiger partial charge in [0.15, 0.2) is 0 Å². The molecular weight excluding hydrogens is 338 g/mol. The zero-order valence-corrected chi connectivity index (χ0v) is 13.5. The van der Waals surface area contributed by atoms with E-state index in [0.29, 0.717) is 16.8 Å². The summed E-state index contributed by atoms with van der Waals surface area (Å²) in [6, 6.07) is 6.63. The van der Waals surface area contributed by atoms with Crippen LogP contribution >= 0.6 is 11.6 Å². The third-order valence-corrected chi connectivity index (χ3v) is 3.71. The maximum Gasteiger partial charge on any atom is 0.288 e. The average molecular weight is 350 g/mol. The number of nitro groups is 2. The van der Waals surface area contributed by atoms with E-state index in [0.717, 1.165) is 0 Å². The summed E-state index contributed by atoms with van der Waals surface area (Å²) in [5, 5.41) is 24.2. The SMILES string of the molecule is Cc1cc([N+](=O)[O-])c(Cl)cc1NC(=O)c1ccc(C)c([N+](=O)[O-])c1. The highest BCUT2D eigenvalue weighted by Gasteiger charge is 2.18. The number of aryl methyl sites for hydroxylation is 2. The molecule has 124 valence electrons. The van der Waals surface area contributed by atoms with Gasteiger partial charge in [0.25, 0.3) is 17.3 Å². The lowest BCUT2D eigenvalue weighted by atomic mass is 10.1. The number of nitro benzene ring substituents is 2. The van der Waals surface area contributed by atoms with Crippen molar-refractivity contribution in [1.82, 2.24) is 0 Å². The van der Waals surface area contributed by atoms with Gasteiger partial charge in [-0.3, -0.25) is 25.0 Å². The molecule has 8 nitrogen and oxygen atoms in total. The lowest BCUT2D eigenvalue weighted by molar-refractivity contribution is -0.385. The highest BCUT2D eigenvalue weighted by molar-refractivity contribution is 6.33. The molecule has 0 atom stereocenters. The van der Waals surface area contributed by atoms with E-state index in [1.807, 2.05) is 0 Å². The smallest absolute Gasteiger partial charge is 0.288 e. The highest BCUT2D eigenvalue weighted by Crippen LogP contribution is 2.31. The Morgan fingerprint density at radius 2 is 1.62 bits per heavy atom. The number of benzene rings is 2. The van der Waals surface area contributed by atoms with E-state index in [-0.39, 0.29) is 22.0 Å². The second-order valence-corrected chi connectivity index (χ2v) is 5.50. The van der Waals surface area contributed by atoms with Gasteiger partial charge in [0.1, 0.15) is 5.02 Å². The Bertz CT molecular complexity index is 866. The Morgan fingerprint density at radius 3 is 2.21 bits per heavy atom. The fourth-order valence-electron chi connectivity index (χ4n) is 2.08. The fraction of sp³-hybridized carbons (Fsp3) is 0.133. The normalized spacial score (nSPS) is 10.3. The van der Waals surface area contributed by atoms with E-state index in [1.54, 1.807) is 13.8 Å². The van der Waals surface area contributed by atoms with Crippen molar-refractivity contribution in [2.75, 3.05) is 5.32 Å². The Hall–Kier alpha value is -3.00. The largest absolute Gasteiger partial charge is 0.322 e. The van der Waals surface area contributed by atoms with Gasteiger partial charge >= 0.3 is 0 Å². The van der Waals surface area contributed by atoms with Crippen molar-refractivity contribution in [2.24, 2.45) is 0 Å². The number of carbonyl (C=O) groups excluding carboxylic acids is 1. The van der Waals surface area contributed by atoms with Gasteiger partial charge in [-0.15, -0.1) is 0 Å². The van der Waals surface area contributed by atoms with Crippen molar-refractivity contribution in [1.29, 1.82) is 0 Å². The Kier molecular flexibility index (Phi) is 4.79. The van der Waals surface area contributed by atoms with E-state index in [1.165, 1.54) is 30.3 Å². The van der Waals surface area contributed by atoms with Crippen LogP contribution in [0.15, 0.2) is 30.3 Å². The Labute approximate surface area is 141 Å². The third-order valence-electron chi connectivity index (χ3n) is 3.41. The van der Waals surface area contributed by atoms with Crippen molar-refractivity contribution in [2.45, 2.75) is 13.8 Å². The quantitative estimate of drug-likeness (QED) is 0.660. The molecule has 0 aromatic heterocycles. The molecule has 0 aliphatic heterocycles. The van der Waals surface area contributed by atoms with E-state index in [2.05, 4.69) is 5.32 Å². The first-order chi connectivity index (χ1) is 11.2. The zero-order valence-electron chi connectivity index (χ0n) is 12.7. The number of rotatable bonds is 4. The predicted octanol–water partition coefficient (Wildman–Crippen LogP) is 4.03. The van der Waals surface area contributed by atoms with Crippen molar-refractivity contribution in [3.8, 4) is 0 Å². The molecule has 0 saturated carbocycles. The lowest BCUT2D eigenvalue weighted by Gasteiger charge is -2.09. The molecule has 0 spiro atoms. The summed E-state index contributed by atoms with van der Waals surface area (Å²) in [5.74, 6) is -0.578. The number of halogens is 1. The number of anilines is 1. The molecule has 9 heteroatoms. The summed E-state index contributed by atoms with van der Waals surface area (Å²) in [6.07, 6.45) is 0. The molecule has 0 fully saturated rings. The molecule has 0 bridgehead atoms.